The highest BCUT2D eigenvalue weighted by molar-refractivity contribution is 5.84. The van der Waals surface area contributed by atoms with Crippen LogP contribution in [-0.4, -0.2) is 25.7 Å². The summed E-state index contributed by atoms with van der Waals surface area (Å²) in [4.78, 5) is 32.1. The number of nitrogens with one attached hydrogen (secondary N) is 2. The molecule has 0 bridgehead atoms. The maximum atomic E-state index is 12.8. The number of nitrogens with zero attached hydrogens (tertiary/aromatic N) is 3. The average molecular weight is 373 g/mol. The van der Waals surface area contributed by atoms with E-state index >= 15 is 0 Å². The summed E-state index contributed by atoms with van der Waals surface area (Å²) in [6.45, 7) is 0.122. The van der Waals surface area contributed by atoms with Gasteiger partial charge < -0.3 is 10.3 Å². The normalized spacial score (nSPS) is 10.9. The summed E-state index contributed by atoms with van der Waals surface area (Å²) in [5, 5.41) is 8.61. The second-order valence-corrected chi connectivity index (χ2v) is 6.43. The van der Waals surface area contributed by atoms with Crippen LogP contribution >= 0.6 is 0 Å². The molecule has 0 aliphatic heterocycles. The van der Waals surface area contributed by atoms with Crippen molar-refractivity contribution in [2.75, 3.05) is 0 Å². The molecule has 0 aliphatic rings. The van der Waals surface area contributed by atoms with Gasteiger partial charge in [-0.05, 0) is 11.6 Å². The second kappa shape index (κ2) is 7.87. The largest absolute Gasteiger partial charge is 0.347 e. The van der Waals surface area contributed by atoms with Crippen molar-refractivity contribution in [1.29, 1.82) is 0 Å². The van der Waals surface area contributed by atoms with Gasteiger partial charge in [-0.3, -0.25) is 9.59 Å². The second-order valence-electron chi connectivity index (χ2n) is 6.43. The highest BCUT2D eigenvalue weighted by atomic mass is 16.2. The molecular formula is C21H19N5O2. The van der Waals surface area contributed by atoms with Crippen LogP contribution in [0.5, 0.6) is 0 Å². The van der Waals surface area contributed by atoms with Crippen LogP contribution in [0.3, 0.4) is 0 Å². The third-order valence-corrected chi connectivity index (χ3v) is 4.46. The van der Waals surface area contributed by atoms with Crippen LogP contribution in [0.1, 0.15) is 17.1 Å². The molecule has 2 aromatic heterocycles. The molecule has 0 spiro atoms. The zero-order valence-electron chi connectivity index (χ0n) is 15.1. The first-order valence-electron chi connectivity index (χ1n) is 8.98. The summed E-state index contributed by atoms with van der Waals surface area (Å²) < 4.78 is 1.23. The molecule has 0 unspecified atom stereocenters. The zero-order valence-corrected chi connectivity index (χ0v) is 15.1. The fourth-order valence-corrected chi connectivity index (χ4v) is 3.10. The summed E-state index contributed by atoms with van der Waals surface area (Å²) in [7, 11) is 0. The van der Waals surface area contributed by atoms with Crippen molar-refractivity contribution < 1.29 is 4.79 Å². The van der Waals surface area contributed by atoms with Crippen molar-refractivity contribution in [2.45, 2.75) is 19.5 Å². The molecule has 7 heteroatoms. The van der Waals surface area contributed by atoms with Gasteiger partial charge in [0.25, 0.3) is 5.56 Å². The topological polar surface area (TPSA) is 92.7 Å². The van der Waals surface area contributed by atoms with E-state index in [1.165, 1.54) is 4.68 Å². The molecule has 2 heterocycles. The standard InChI is InChI=1S/C21H19N5O2/c27-20(24-13-19-22-10-11-23-19)14-26-21(28)17-9-5-4-8-16(17)18(25-26)12-15-6-2-1-3-7-15/h1-11H,12-14H2,(H,22,23)(H,24,27). The molecule has 4 rings (SSSR count). The number of rotatable bonds is 6. The number of carbonyl (C=O) groups is 1. The Morgan fingerprint density at radius 2 is 1.79 bits per heavy atom. The van der Waals surface area contributed by atoms with Crippen LogP contribution in [0, 0.1) is 0 Å². The molecule has 2 N–H and O–H groups in total. The molecule has 28 heavy (non-hydrogen) atoms. The van der Waals surface area contributed by atoms with E-state index in [9.17, 15) is 9.59 Å². The molecule has 0 saturated carbocycles. The molecule has 0 fully saturated rings. The number of carbonyl (C=O) groups excluding carboxylic acids is 1. The van der Waals surface area contributed by atoms with Gasteiger partial charge in [0.2, 0.25) is 5.91 Å². The van der Waals surface area contributed by atoms with Gasteiger partial charge >= 0.3 is 0 Å². The van der Waals surface area contributed by atoms with Crippen molar-refractivity contribution in [3.63, 3.8) is 0 Å². The first kappa shape index (κ1) is 17.7. The van der Waals surface area contributed by atoms with Gasteiger partial charge in [-0.25, -0.2) is 9.67 Å². The van der Waals surface area contributed by atoms with Gasteiger partial charge in [0.1, 0.15) is 12.4 Å². The lowest BCUT2D eigenvalue weighted by molar-refractivity contribution is -0.122. The number of H-pyrrole nitrogens is 1. The fourth-order valence-electron chi connectivity index (χ4n) is 3.10. The van der Waals surface area contributed by atoms with E-state index in [2.05, 4.69) is 20.4 Å². The molecular weight excluding hydrogens is 354 g/mol. The zero-order chi connectivity index (χ0) is 19.3. The molecule has 7 nitrogen and oxygen atoms in total. The smallest absolute Gasteiger partial charge is 0.275 e. The third-order valence-electron chi connectivity index (χ3n) is 4.46. The van der Waals surface area contributed by atoms with Gasteiger partial charge in [0.05, 0.1) is 17.6 Å². The predicted molar refractivity (Wildman–Crippen MR) is 106 cm³/mol. The number of imidazole rings is 1. The quantitative estimate of drug-likeness (QED) is 0.541. The number of amides is 1. The monoisotopic (exact) mass is 373 g/mol. The van der Waals surface area contributed by atoms with Crippen molar-refractivity contribution in [2.24, 2.45) is 0 Å². The van der Waals surface area contributed by atoms with E-state index in [-0.39, 0.29) is 24.6 Å². The first-order chi connectivity index (χ1) is 13.7. The lowest BCUT2D eigenvalue weighted by atomic mass is 10.0. The summed E-state index contributed by atoms with van der Waals surface area (Å²) in [5.74, 6) is 0.351. The Morgan fingerprint density at radius 1 is 1.04 bits per heavy atom. The van der Waals surface area contributed by atoms with Gasteiger partial charge in [0, 0.05) is 24.2 Å². The highest BCUT2D eigenvalue weighted by Gasteiger charge is 2.13. The van der Waals surface area contributed by atoms with Crippen LogP contribution in [0.25, 0.3) is 10.8 Å². The number of benzene rings is 2. The van der Waals surface area contributed by atoms with E-state index < -0.39 is 0 Å². The number of fused-ring (bicyclic) bond motifs is 1. The Balaban J connectivity index is 1.63. The molecule has 2 aromatic carbocycles. The number of aromatic amines is 1. The molecule has 4 aromatic rings. The molecule has 140 valence electrons. The van der Waals surface area contributed by atoms with Crippen molar-refractivity contribution in [3.05, 3.63) is 94.4 Å². The number of aromatic nitrogens is 4. The minimum atomic E-state index is -0.299. The summed E-state index contributed by atoms with van der Waals surface area (Å²) in [6, 6.07) is 17.3. The molecule has 1 amide bonds. The summed E-state index contributed by atoms with van der Waals surface area (Å²) in [6.07, 6.45) is 3.88. The van der Waals surface area contributed by atoms with E-state index in [0.717, 1.165) is 16.6 Å². The van der Waals surface area contributed by atoms with Crippen LogP contribution in [0.4, 0.5) is 0 Å². The molecule has 0 atom stereocenters. The maximum Gasteiger partial charge on any atom is 0.275 e. The molecule has 0 radical (unpaired) electrons. The highest BCUT2D eigenvalue weighted by Crippen LogP contribution is 2.16. The average Bonchev–Trinajstić information content (AvgIpc) is 3.24. The van der Waals surface area contributed by atoms with Crippen LogP contribution in [0.2, 0.25) is 0 Å². The minimum Gasteiger partial charge on any atom is -0.347 e. The van der Waals surface area contributed by atoms with Crippen LogP contribution in [-0.2, 0) is 24.3 Å². The Hall–Kier alpha value is -3.74. The van der Waals surface area contributed by atoms with E-state index in [4.69, 9.17) is 0 Å². The number of hydrogen-bond donors (Lipinski definition) is 2. The summed E-state index contributed by atoms with van der Waals surface area (Å²) >= 11 is 0. The van der Waals surface area contributed by atoms with Crippen molar-refractivity contribution in [1.82, 2.24) is 25.1 Å². The minimum absolute atomic E-state index is 0.147. The fraction of sp³-hybridized carbons (Fsp3) is 0.143. The van der Waals surface area contributed by atoms with E-state index in [1.807, 2.05) is 48.5 Å². The Labute approximate surface area is 161 Å². The Bertz CT molecular complexity index is 1150. The maximum absolute atomic E-state index is 12.8. The van der Waals surface area contributed by atoms with Crippen LogP contribution in [0.15, 0.2) is 71.8 Å². The third kappa shape index (κ3) is 3.83. The van der Waals surface area contributed by atoms with Gasteiger partial charge in [-0.15, -0.1) is 0 Å². The first-order valence-corrected chi connectivity index (χ1v) is 8.98. The van der Waals surface area contributed by atoms with Gasteiger partial charge in [-0.2, -0.15) is 5.10 Å². The number of hydrogen-bond acceptors (Lipinski definition) is 4. The SMILES string of the molecule is O=C(Cn1nc(Cc2ccccc2)c2ccccc2c1=O)NCc1ncc[nH]1. The van der Waals surface area contributed by atoms with Crippen LogP contribution < -0.4 is 10.9 Å². The summed E-state index contributed by atoms with van der Waals surface area (Å²) in [5.41, 5.74) is 1.58. The Morgan fingerprint density at radius 3 is 2.54 bits per heavy atom. The molecule has 0 saturated heterocycles. The Kier molecular flexibility index (Phi) is 4.97. The lowest BCUT2D eigenvalue weighted by Crippen LogP contribution is -2.34. The van der Waals surface area contributed by atoms with Gasteiger partial charge in [-0.1, -0.05) is 48.5 Å². The lowest BCUT2D eigenvalue weighted by Gasteiger charge is -2.11. The van der Waals surface area contributed by atoms with Crippen molar-refractivity contribution >= 4 is 16.7 Å². The van der Waals surface area contributed by atoms with E-state index in [1.54, 1.807) is 18.5 Å². The van der Waals surface area contributed by atoms with Crippen molar-refractivity contribution in [3.8, 4) is 0 Å². The molecule has 0 aliphatic carbocycles. The van der Waals surface area contributed by atoms with E-state index in [0.29, 0.717) is 17.6 Å². The van der Waals surface area contributed by atoms with Gasteiger partial charge in [0.15, 0.2) is 0 Å². The predicted octanol–water partition coefficient (Wildman–Crippen LogP) is 2.03.